The average molecular weight is 479 g/mol. The van der Waals surface area contributed by atoms with Crippen LogP contribution >= 0.6 is 0 Å². The van der Waals surface area contributed by atoms with Gasteiger partial charge in [0.2, 0.25) is 0 Å². The molecule has 4 saturated carbocycles. The standard InChI is InChI=1S/C27H42O7/c28-25(19-9-3-1-4-10-19)31-21-13-7-15-23(17-21)33-27(30)34-24-16-8-14-22(18-24)32-26(29)20-11-5-2-6-12-20/h19-24H,1-18H2. The Morgan fingerprint density at radius 2 is 0.765 bits per heavy atom. The second kappa shape index (κ2) is 12.8. The molecule has 7 nitrogen and oxygen atoms in total. The predicted octanol–water partition coefficient (Wildman–Crippen LogP) is 6.01. The minimum Gasteiger partial charge on any atom is -0.462 e. The van der Waals surface area contributed by atoms with Gasteiger partial charge in [0, 0.05) is 12.8 Å². The van der Waals surface area contributed by atoms with Crippen molar-refractivity contribution in [2.45, 2.75) is 140 Å². The van der Waals surface area contributed by atoms with Crippen LogP contribution in [0.1, 0.15) is 116 Å². The topological polar surface area (TPSA) is 88.1 Å². The second-order valence-electron chi connectivity index (χ2n) is 10.9. The molecule has 0 spiro atoms. The summed E-state index contributed by atoms with van der Waals surface area (Å²) >= 11 is 0. The fourth-order valence-electron chi connectivity index (χ4n) is 6.13. The fourth-order valence-corrected chi connectivity index (χ4v) is 6.13. The SMILES string of the molecule is O=C(OC1CCCC(OC(=O)C2CCCCC2)C1)OC1CCCC(OC(=O)C2CCCCC2)C1. The molecule has 34 heavy (non-hydrogen) atoms. The number of hydrogen-bond acceptors (Lipinski definition) is 7. The number of ether oxygens (including phenoxy) is 4. The first-order valence-electron chi connectivity index (χ1n) is 13.8. The highest BCUT2D eigenvalue weighted by Gasteiger charge is 2.33. The minimum absolute atomic E-state index is 0.0338. The van der Waals surface area contributed by atoms with Crippen molar-refractivity contribution in [1.29, 1.82) is 0 Å². The second-order valence-corrected chi connectivity index (χ2v) is 10.9. The molecule has 7 heteroatoms. The van der Waals surface area contributed by atoms with Gasteiger partial charge in [-0.05, 0) is 64.2 Å². The number of esters is 2. The van der Waals surface area contributed by atoms with E-state index in [4.69, 9.17) is 18.9 Å². The zero-order valence-electron chi connectivity index (χ0n) is 20.5. The molecule has 4 rings (SSSR count). The summed E-state index contributed by atoms with van der Waals surface area (Å²) in [5.74, 6) is -0.0918. The Hall–Kier alpha value is -1.79. The van der Waals surface area contributed by atoms with Crippen molar-refractivity contribution in [3.8, 4) is 0 Å². The Kier molecular flexibility index (Phi) is 9.51. The number of hydrogen-bond donors (Lipinski definition) is 0. The normalized spacial score (nSPS) is 31.3. The summed E-state index contributed by atoms with van der Waals surface area (Å²) in [5.41, 5.74) is 0. The third-order valence-electron chi connectivity index (χ3n) is 8.12. The van der Waals surface area contributed by atoms with E-state index in [0.29, 0.717) is 12.8 Å². The molecule has 0 amide bonds. The molecule has 0 heterocycles. The summed E-state index contributed by atoms with van der Waals surface area (Å²) in [5, 5.41) is 0. The van der Waals surface area contributed by atoms with Gasteiger partial charge in [-0.25, -0.2) is 4.79 Å². The summed E-state index contributed by atoms with van der Waals surface area (Å²) in [4.78, 5) is 37.4. The smallest absolute Gasteiger partial charge is 0.462 e. The van der Waals surface area contributed by atoms with Crippen LogP contribution in [0.2, 0.25) is 0 Å². The minimum atomic E-state index is -0.659. The molecule has 0 aromatic carbocycles. The maximum absolute atomic E-state index is 12.5. The van der Waals surface area contributed by atoms with E-state index in [0.717, 1.165) is 89.9 Å². The number of carbonyl (C=O) groups is 3. The summed E-state index contributed by atoms with van der Waals surface area (Å²) < 4.78 is 22.8. The molecule has 0 radical (unpaired) electrons. The summed E-state index contributed by atoms with van der Waals surface area (Å²) in [6.45, 7) is 0. The lowest BCUT2D eigenvalue weighted by Crippen LogP contribution is -2.36. The molecular weight excluding hydrogens is 436 g/mol. The van der Waals surface area contributed by atoms with E-state index in [2.05, 4.69) is 0 Å². The molecule has 0 aliphatic heterocycles. The first-order valence-corrected chi connectivity index (χ1v) is 13.8. The Bertz CT molecular complexity index is 624. The summed E-state index contributed by atoms with van der Waals surface area (Å²) in [6.07, 6.45) is 14.9. The molecule has 4 aliphatic carbocycles. The maximum Gasteiger partial charge on any atom is 0.508 e. The lowest BCUT2D eigenvalue weighted by atomic mass is 9.89. The molecule has 0 saturated heterocycles. The summed E-state index contributed by atoms with van der Waals surface area (Å²) in [6, 6.07) is 0. The van der Waals surface area contributed by atoms with E-state index in [-0.39, 0.29) is 48.2 Å². The van der Waals surface area contributed by atoms with Gasteiger partial charge in [0.05, 0.1) is 11.8 Å². The van der Waals surface area contributed by atoms with Crippen molar-refractivity contribution in [3.63, 3.8) is 0 Å². The first-order chi connectivity index (χ1) is 16.6. The van der Waals surface area contributed by atoms with Crippen LogP contribution in [0.5, 0.6) is 0 Å². The van der Waals surface area contributed by atoms with Gasteiger partial charge in [0.25, 0.3) is 0 Å². The molecule has 4 fully saturated rings. The third-order valence-corrected chi connectivity index (χ3v) is 8.12. The van der Waals surface area contributed by atoms with Crippen LogP contribution in [0.3, 0.4) is 0 Å². The predicted molar refractivity (Wildman–Crippen MR) is 125 cm³/mol. The van der Waals surface area contributed by atoms with Crippen LogP contribution in [0, 0.1) is 11.8 Å². The molecule has 192 valence electrons. The molecule has 0 N–H and O–H groups in total. The van der Waals surface area contributed by atoms with Crippen molar-refractivity contribution in [1.82, 2.24) is 0 Å². The van der Waals surface area contributed by atoms with Crippen LogP contribution in [-0.2, 0) is 28.5 Å². The van der Waals surface area contributed by atoms with Crippen LogP contribution in [-0.4, -0.2) is 42.5 Å². The van der Waals surface area contributed by atoms with Crippen LogP contribution in [0.15, 0.2) is 0 Å². The van der Waals surface area contributed by atoms with E-state index in [1.165, 1.54) is 12.8 Å². The van der Waals surface area contributed by atoms with Gasteiger partial charge >= 0.3 is 18.1 Å². The highest BCUT2D eigenvalue weighted by molar-refractivity contribution is 5.73. The van der Waals surface area contributed by atoms with Crippen molar-refractivity contribution in [2.75, 3.05) is 0 Å². The fraction of sp³-hybridized carbons (Fsp3) is 0.889. The van der Waals surface area contributed by atoms with Gasteiger partial charge in [-0.15, -0.1) is 0 Å². The van der Waals surface area contributed by atoms with E-state index < -0.39 is 6.16 Å². The Morgan fingerprint density at radius 1 is 0.412 bits per heavy atom. The lowest BCUT2D eigenvalue weighted by Gasteiger charge is -2.32. The van der Waals surface area contributed by atoms with Gasteiger partial charge in [-0.1, -0.05) is 38.5 Å². The van der Waals surface area contributed by atoms with E-state index >= 15 is 0 Å². The van der Waals surface area contributed by atoms with Crippen LogP contribution in [0.4, 0.5) is 4.79 Å². The van der Waals surface area contributed by atoms with Crippen molar-refractivity contribution < 1.29 is 33.3 Å². The van der Waals surface area contributed by atoms with Gasteiger partial charge in [-0.2, -0.15) is 0 Å². The highest BCUT2D eigenvalue weighted by Crippen LogP contribution is 2.31. The van der Waals surface area contributed by atoms with Crippen molar-refractivity contribution in [3.05, 3.63) is 0 Å². The highest BCUT2D eigenvalue weighted by atomic mass is 16.7. The first kappa shape index (κ1) is 25.3. The van der Waals surface area contributed by atoms with Gasteiger partial charge in [0.15, 0.2) is 0 Å². The molecule has 4 aliphatic rings. The van der Waals surface area contributed by atoms with E-state index in [1.807, 2.05) is 0 Å². The van der Waals surface area contributed by atoms with Gasteiger partial charge in [0.1, 0.15) is 24.4 Å². The zero-order chi connectivity index (χ0) is 23.8. The molecule has 0 aromatic heterocycles. The Labute approximate surface area is 203 Å². The average Bonchev–Trinajstić information content (AvgIpc) is 2.85. The zero-order valence-corrected chi connectivity index (χ0v) is 20.5. The van der Waals surface area contributed by atoms with Crippen LogP contribution < -0.4 is 0 Å². The molecule has 4 unspecified atom stereocenters. The third kappa shape index (κ3) is 7.61. The maximum atomic E-state index is 12.5. The molecule has 0 bridgehead atoms. The lowest BCUT2D eigenvalue weighted by molar-refractivity contribution is -0.158. The van der Waals surface area contributed by atoms with E-state index in [1.54, 1.807) is 0 Å². The van der Waals surface area contributed by atoms with E-state index in [9.17, 15) is 14.4 Å². The largest absolute Gasteiger partial charge is 0.508 e. The van der Waals surface area contributed by atoms with Gasteiger partial charge < -0.3 is 18.9 Å². The Balaban J connectivity index is 1.17. The monoisotopic (exact) mass is 478 g/mol. The van der Waals surface area contributed by atoms with Crippen molar-refractivity contribution >= 4 is 18.1 Å². The van der Waals surface area contributed by atoms with Gasteiger partial charge in [-0.3, -0.25) is 9.59 Å². The number of carbonyl (C=O) groups excluding carboxylic acids is 3. The van der Waals surface area contributed by atoms with Crippen LogP contribution in [0.25, 0.3) is 0 Å². The quantitative estimate of drug-likeness (QED) is 0.341. The molecule has 0 aromatic rings. The summed E-state index contributed by atoms with van der Waals surface area (Å²) in [7, 11) is 0. The Morgan fingerprint density at radius 3 is 1.15 bits per heavy atom. The van der Waals surface area contributed by atoms with Crippen molar-refractivity contribution in [2.24, 2.45) is 11.8 Å². The molecular formula is C27H42O7. The molecule has 4 atom stereocenters. The number of rotatable bonds is 6.